The van der Waals surface area contributed by atoms with Crippen LogP contribution in [0.3, 0.4) is 0 Å². The maximum atomic E-state index is 6.30. The molecule has 2 saturated heterocycles. The van der Waals surface area contributed by atoms with E-state index in [2.05, 4.69) is 26.9 Å². The van der Waals surface area contributed by atoms with Gasteiger partial charge in [0.05, 0.1) is 22.6 Å². The third-order valence-corrected chi connectivity index (χ3v) is 7.43. The van der Waals surface area contributed by atoms with E-state index in [4.69, 9.17) is 27.1 Å². The predicted octanol–water partition coefficient (Wildman–Crippen LogP) is 3.30. The lowest BCUT2D eigenvalue weighted by molar-refractivity contribution is 0.0975. The van der Waals surface area contributed by atoms with Crippen molar-refractivity contribution in [3.05, 3.63) is 29.8 Å². The van der Waals surface area contributed by atoms with Gasteiger partial charge < -0.3 is 15.4 Å². The first-order valence-electron chi connectivity index (χ1n) is 9.68. The van der Waals surface area contributed by atoms with Crippen LogP contribution in [0.1, 0.15) is 26.2 Å². The number of piperidine rings is 1. The Morgan fingerprint density at radius 2 is 2.07 bits per heavy atom. The summed E-state index contributed by atoms with van der Waals surface area (Å²) >= 11 is 7.76. The van der Waals surface area contributed by atoms with Gasteiger partial charge in [0.1, 0.15) is 12.1 Å². The van der Waals surface area contributed by atoms with E-state index in [1.54, 1.807) is 12.5 Å². The summed E-state index contributed by atoms with van der Waals surface area (Å²) in [5, 5.41) is 4.87. The Morgan fingerprint density at radius 1 is 1.24 bits per heavy atom. The summed E-state index contributed by atoms with van der Waals surface area (Å²) < 4.78 is 7.66. The standard InChI is InChI=1S/C19H22ClN7OS/c1-12-8-19(10-28-12)3-6-26(7-4-19)18-23-9-14(17-24-11-25-27(17)18)29-13-2-5-22-16(21)15(13)20/h2,5,9,11-12H,3-4,6-8,10H2,1H3,(H2,21,22)/t12-/m0/s1. The molecule has 1 atom stereocenters. The smallest absolute Gasteiger partial charge is 0.228 e. The summed E-state index contributed by atoms with van der Waals surface area (Å²) in [6.45, 7) is 4.93. The number of fused-ring (bicyclic) bond motifs is 1. The Hall–Kier alpha value is -2.10. The number of nitrogens with zero attached hydrogens (tertiary/aromatic N) is 6. The molecule has 2 fully saturated rings. The highest BCUT2D eigenvalue weighted by Crippen LogP contribution is 2.43. The fourth-order valence-corrected chi connectivity index (χ4v) is 5.41. The molecule has 8 nitrogen and oxygen atoms in total. The summed E-state index contributed by atoms with van der Waals surface area (Å²) in [6, 6.07) is 1.83. The van der Waals surface area contributed by atoms with Crippen LogP contribution < -0.4 is 10.6 Å². The number of halogens is 1. The van der Waals surface area contributed by atoms with E-state index < -0.39 is 0 Å². The Bertz CT molecular complexity index is 1050. The van der Waals surface area contributed by atoms with Crippen molar-refractivity contribution in [1.82, 2.24) is 24.6 Å². The molecule has 5 heterocycles. The van der Waals surface area contributed by atoms with Gasteiger partial charge in [0.25, 0.3) is 0 Å². The number of nitrogen functional groups attached to an aromatic ring is 1. The van der Waals surface area contributed by atoms with Crippen molar-refractivity contribution in [1.29, 1.82) is 0 Å². The highest BCUT2D eigenvalue weighted by molar-refractivity contribution is 7.99. The fraction of sp³-hybridized carbons (Fsp3) is 0.474. The third kappa shape index (κ3) is 3.41. The Balaban J connectivity index is 1.40. The molecule has 0 bridgehead atoms. The molecule has 0 saturated carbocycles. The van der Waals surface area contributed by atoms with Crippen LogP contribution in [0.5, 0.6) is 0 Å². The number of hydrogen-bond donors (Lipinski definition) is 1. The highest BCUT2D eigenvalue weighted by atomic mass is 35.5. The van der Waals surface area contributed by atoms with E-state index >= 15 is 0 Å². The summed E-state index contributed by atoms with van der Waals surface area (Å²) in [5.74, 6) is 1.13. The van der Waals surface area contributed by atoms with Gasteiger partial charge in [-0.25, -0.2) is 15.0 Å². The van der Waals surface area contributed by atoms with E-state index in [0.717, 1.165) is 60.3 Å². The van der Waals surface area contributed by atoms with Gasteiger partial charge >= 0.3 is 0 Å². The topological polar surface area (TPSA) is 94.5 Å². The van der Waals surface area contributed by atoms with E-state index in [0.29, 0.717) is 22.4 Å². The molecule has 152 valence electrons. The van der Waals surface area contributed by atoms with Gasteiger partial charge in [0, 0.05) is 30.4 Å². The summed E-state index contributed by atoms with van der Waals surface area (Å²) in [4.78, 5) is 17.2. The Kier molecular flexibility index (Phi) is 4.76. The van der Waals surface area contributed by atoms with Crippen LogP contribution in [-0.2, 0) is 4.74 Å². The van der Waals surface area contributed by atoms with Crippen molar-refractivity contribution >= 4 is 40.8 Å². The molecule has 2 aliphatic rings. The minimum atomic E-state index is 0.311. The summed E-state index contributed by atoms with van der Waals surface area (Å²) in [7, 11) is 0. The summed E-state index contributed by atoms with van der Waals surface area (Å²) in [6.07, 6.45) is 8.77. The first kappa shape index (κ1) is 18.9. The largest absolute Gasteiger partial charge is 0.382 e. The molecule has 10 heteroatoms. The second-order valence-electron chi connectivity index (χ2n) is 7.84. The van der Waals surface area contributed by atoms with Crippen LogP contribution in [0.15, 0.2) is 34.6 Å². The third-order valence-electron chi connectivity index (χ3n) is 5.86. The second-order valence-corrected chi connectivity index (χ2v) is 9.30. The van der Waals surface area contributed by atoms with Crippen LogP contribution in [0.4, 0.5) is 11.8 Å². The van der Waals surface area contributed by atoms with E-state index in [-0.39, 0.29) is 0 Å². The van der Waals surface area contributed by atoms with Gasteiger partial charge in [-0.2, -0.15) is 9.61 Å². The number of rotatable bonds is 3. The zero-order valence-corrected chi connectivity index (χ0v) is 17.7. The van der Waals surface area contributed by atoms with Crippen molar-refractivity contribution in [2.45, 2.75) is 42.1 Å². The first-order chi connectivity index (χ1) is 14.0. The van der Waals surface area contributed by atoms with Crippen molar-refractivity contribution in [2.24, 2.45) is 5.41 Å². The molecule has 2 aliphatic heterocycles. The van der Waals surface area contributed by atoms with Crippen LogP contribution in [0.25, 0.3) is 5.65 Å². The van der Waals surface area contributed by atoms with Crippen molar-refractivity contribution < 1.29 is 4.74 Å². The number of aromatic nitrogens is 5. The summed E-state index contributed by atoms with van der Waals surface area (Å²) in [5.41, 5.74) is 6.90. The molecule has 1 spiro atoms. The van der Waals surface area contributed by atoms with E-state index in [9.17, 15) is 0 Å². The maximum Gasteiger partial charge on any atom is 0.228 e. The molecule has 3 aromatic rings. The Morgan fingerprint density at radius 3 is 2.83 bits per heavy atom. The molecule has 29 heavy (non-hydrogen) atoms. The quantitative estimate of drug-likeness (QED) is 0.674. The van der Waals surface area contributed by atoms with E-state index in [1.807, 2.05) is 16.8 Å². The number of ether oxygens (including phenoxy) is 1. The van der Waals surface area contributed by atoms with Crippen LogP contribution in [0.2, 0.25) is 5.02 Å². The van der Waals surface area contributed by atoms with Gasteiger partial charge in [-0.3, -0.25) is 0 Å². The average molecular weight is 432 g/mol. The number of hydrogen-bond acceptors (Lipinski definition) is 8. The molecule has 0 aliphatic carbocycles. The SMILES string of the molecule is C[C@H]1CC2(CCN(c3ncc(Sc4ccnc(N)c4Cl)c4ncnn34)CC2)CO1. The first-order valence-corrected chi connectivity index (χ1v) is 10.9. The monoisotopic (exact) mass is 431 g/mol. The molecule has 0 aromatic carbocycles. The maximum absolute atomic E-state index is 6.30. The van der Waals surface area contributed by atoms with Crippen LogP contribution in [-0.4, -0.2) is 50.4 Å². The number of anilines is 2. The predicted molar refractivity (Wildman–Crippen MR) is 112 cm³/mol. The molecule has 0 unspecified atom stereocenters. The molecule has 5 rings (SSSR count). The van der Waals surface area contributed by atoms with Crippen molar-refractivity contribution in [3.63, 3.8) is 0 Å². The molecular weight excluding hydrogens is 410 g/mol. The fourth-order valence-electron chi connectivity index (χ4n) is 4.29. The lowest BCUT2D eigenvalue weighted by Crippen LogP contribution is -2.41. The van der Waals surface area contributed by atoms with Gasteiger partial charge in [-0.05, 0) is 37.7 Å². The average Bonchev–Trinajstić information content (AvgIpc) is 3.34. The minimum absolute atomic E-state index is 0.311. The number of nitrogens with two attached hydrogens (primary N) is 1. The van der Waals surface area contributed by atoms with Crippen molar-refractivity contribution in [3.8, 4) is 0 Å². The number of pyridine rings is 1. The van der Waals surface area contributed by atoms with Gasteiger partial charge in [0.15, 0.2) is 5.65 Å². The Labute approximate surface area is 177 Å². The van der Waals surface area contributed by atoms with Crippen molar-refractivity contribution in [2.75, 3.05) is 30.3 Å². The second kappa shape index (κ2) is 7.30. The zero-order chi connectivity index (χ0) is 20.0. The lowest BCUT2D eigenvalue weighted by atomic mass is 9.77. The van der Waals surface area contributed by atoms with Gasteiger partial charge in [0.2, 0.25) is 5.95 Å². The normalized spacial score (nSPS) is 21.3. The lowest BCUT2D eigenvalue weighted by Gasteiger charge is -2.38. The molecule has 0 radical (unpaired) electrons. The highest BCUT2D eigenvalue weighted by Gasteiger charge is 2.41. The van der Waals surface area contributed by atoms with Crippen LogP contribution >= 0.6 is 23.4 Å². The molecule has 0 amide bonds. The molecule has 2 N–H and O–H groups in total. The molecule has 3 aromatic heterocycles. The van der Waals surface area contributed by atoms with Gasteiger partial charge in [-0.15, -0.1) is 0 Å². The minimum Gasteiger partial charge on any atom is -0.382 e. The van der Waals surface area contributed by atoms with Gasteiger partial charge in [-0.1, -0.05) is 23.4 Å². The zero-order valence-electron chi connectivity index (χ0n) is 16.1. The molecular formula is C19H22ClN7OS. The van der Waals surface area contributed by atoms with Crippen LogP contribution in [0, 0.1) is 5.41 Å². The van der Waals surface area contributed by atoms with E-state index in [1.165, 1.54) is 11.8 Å².